The molecule has 0 unspecified atom stereocenters. The topological polar surface area (TPSA) is 12.9 Å². The van der Waals surface area contributed by atoms with Gasteiger partial charge in [-0.15, -0.1) is 0 Å². The van der Waals surface area contributed by atoms with Crippen LogP contribution in [0.3, 0.4) is 0 Å². The van der Waals surface area contributed by atoms with Crippen LogP contribution < -0.4 is 0 Å². The molecule has 0 bridgehead atoms. The quantitative estimate of drug-likeness (QED) is 0.761. The van der Waals surface area contributed by atoms with Crippen molar-refractivity contribution in [3.05, 3.63) is 52.4 Å². The monoisotopic (exact) mass is 285 g/mol. The van der Waals surface area contributed by atoms with Crippen molar-refractivity contribution in [2.75, 3.05) is 0 Å². The first-order chi connectivity index (χ1) is 8.90. The molecule has 0 saturated carbocycles. The highest BCUT2D eigenvalue weighted by Gasteiger charge is 2.18. The number of pyridine rings is 1. The molecule has 0 saturated heterocycles. The summed E-state index contributed by atoms with van der Waals surface area (Å²) in [5.74, 6) is -2.39. The molecule has 0 N–H and O–H groups in total. The van der Waals surface area contributed by atoms with Crippen LogP contribution >= 0.6 is 11.6 Å². The molecule has 0 aliphatic carbocycles. The molecule has 0 atom stereocenters. The van der Waals surface area contributed by atoms with Crippen molar-refractivity contribution in [2.45, 2.75) is 19.8 Å². The van der Waals surface area contributed by atoms with Crippen LogP contribution in [-0.4, -0.2) is 4.98 Å². The summed E-state index contributed by atoms with van der Waals surface area (Å²) in [6.45, 7) is 3.76. The third-order valence-electron chi connectivity index (χ3n) is 2.70. The van der Waals surface area contributed by atoms with Gasteiger partial charge in [0.05, 0.1) is 10.6 Å². The van der Waals surface area contributed by atoms with Gasteiger partial charge in [-0.1, -0.05) is 25.4 Å². The molecule has 1 nitrogen and oxygen atoms in total. The van der Waals surface area contributed by atoms with Crippen LogP contribution in [0, 0.1) is 17.5 Å². The van der Waals surface area contributed by atoms with Crippen LogP contribution in [0.2, 0.25) is 5.02 Å². The predicted octanol–water partition coefficient (Wildman–Crippen LogP) is 4.94. The van der Waals surface area contributed by atoms with Gasteiger partial charge < -0.3 is 0 Å². The maximum atomic E-state index is 13.8. The summed E-state index contributed by atoms with van der Waals surface area (Å²) in [6.07, 6.45) is 0. The van der Waals surface area contributed by atoms with Gasteiger partial charge >= 0.3 is 0 Å². The molecule has 1 aromatic heterocycles. The molecule has 0 radical (unpaired) electrons. The Kier molecular flexibility index (Phi) is 3.80. The number of halogens is 4. The first-order valence-electron chi connectivity index (χ1n) is 5.71. The summed E-state index contributed by atoms with van der Waals surface area (Å²) < 4.78 is 40.6. The SMILES string of the molecule is CC(C)c1ccc(F)c(-c2c(F)cc(F)cc2Cl)n1. The first kappa shape index (κ1) is 13.9. The van der Waals surface area contributed by atoms with Crippen molar-refractivity contribution in [1.82, 2.24) is 4.98 Å². The van der Waals surface area contributed by atoms with E-state index in [1.807, 2.05) is 13.8 Å². The third-order valence-corrected chi connectivity index (χ3v) is 3.00. The Hall–Kier alpha value is -1.55. The van der Waals surface area contributed by atoms with Crippen molar-refractivity contribution in [1.29, 1.82) is 0 Å². The number of hydrogen-bond donors (Lipinski definition) is 0. The molecule has 100 valence electrons. The zero-order valence-electron chi connectivity index (χ0n) is 10.3. The molecular weight excluding hydrogens is 275 g/mol. The Morgan fingerprint density at radius 2 is 1.74 bits per heavy atom. The fourth-order valence-corrected chi connectivity index (χ4v) is 2.01. The van der Waals surface area contributed by atoms with Gasteiger partial charge in [0.15, 0.2) is 0 Å². The van der Waals surface area contributed by atoms with Crippen LogP contribution in [0.1, 0.15) is 25.5 Å². The molecule has 0 spiro atoms. The Morgan fingerprint density at radius 3 is 2.32 bits per heavy atom. The zero-order chi connectivity index (χ0) is 14.2. The third kappa shape index (κ3) is 2.73. The average molecular weight is 286 g/mol. The second kappa shape index (κ2) is 5.21. The Bertz CT molecular complexity index is 603. The highest BCUT2D eigenvalue weighted by molar-refractivity contribution is 6.33. The summed E-state index contributed by atoms with van der Waals surface area (Å²) in [6, 6.07) is 4.32. The molecule has 1 aromatic carbocycles. The highest BCUT2D eigenvalue weighted by atomic mass is 35.5. The lowest BCUT2D eigenvalue weighted by atomic mass is 10.1. The average Bonchev–Trinajstić information content (AvgIpc) is 2.29. The normalized spacial score (nSPS) is 11.1. The fourth-order valence-electron chi connectivity index (χ4n) is 1.72. The van der Waals surface area contributed by atoms with Crippen LogP contribution in [-0.2, 0) is 0 Å². The summed E-state index contributed by atoms with van der Waals surface area (Å²) in [7, 11) is 0. The first-order valence-corrected chi connectivity index (χ1v) is 6.09. The Balaban J connectivity index is 2.68. The number of aromatic nitrogens is 1. The minimum Gasteiger partial charge on any atom is -0.249 e. The van der Waals surface area contributed by atoms with Gasteiger partial charge in [-0.25, -0.2) is 18.2 Å². The number of benzene rings is 1. The van der Waals surface area contributed by atoms with E-state index >= 15 is 0 Å². The maximum Gasteiger partial charge on any atom is 0.149 e. The van der Waals surface area contributed by atoms with Crippen molar-refractivity contribution in [3.63, 3.8) is 0 Å². The molecular formula is C14H11ClF3N. The smallest absolute Gasteiger partial charge is 0.149 e. The van der Waals surface area contributed by atoms with Crippen molar-refractivity contribution < 1.29 is 13.2 Å². The lowest BCUT2D eigenvalue weighted by Crippen LogP contribution is -2.00. The lowest BCUT2D eigenvalue weighted by Gasteiger charge is -2.10. The summed E-state index contributed by atoms with van der Waals surface area (Å²) in [4.78, 5) is 4.07. The Labute approximate surface area is 114 Å². The van der Waals surface area contributed by atoms with E-state index in [1.165, 1.54) is 12.1 Å². The van der Waals surface area contributed by atoms with E-state index in [0.29, 0.717) is 11.8 Å². The minimum absolute atomic E-state index is 0.0571. The van der Waals surface area contributed by atoms with Crippen molar-refractivity contribution >= 4 is 11.6 Å². The van der Waals surface area contributed by atoms with E-state index in [-0.39, 0.29) is 22.2 Å². The van der Waals surface area contributed by atoms with Crippen LogP contribution in [0.15, 0.2) is 24.3 Å². The van der Waals surface area contributed by atoms with Gasteiger partial charge in [0.2, 0.25) is 0 Å². The van der Waals surface area contributed by atoms with E-state index in [2.05, 4.69) is 4.98 Å². The highest BCUT2D eigenvalue weighted by Crippen LogP contribution is 2.32. The van der Waals surface area contributed by atoms with Gasteiger partial charge in [0.25, 0.3) is 0 Å². The van der Waals surface area contributed by atoms with E-state index in [0.717, 1.165) is 6.07 Å². The second-order valence-corrected chi connectivity index (χ2v) is 4.87. The number of rotatable bonds is 2. The van der Waals surface area contributed by atoms with Crippen molar-refractivity contribution in [3.8, 4) is 11.3 Å². The molecule has 0 aliphatic rings. The van der Waals surface area contributed by atoms with Crippen LogP contribution in [0.5, 0.6) is 0 Å². The fraction of sp³-hybridized carbons (Fsp3) is 0.214. The van der Waals surface area contributed by atoms with E-state index < -0.39 is 17.5 Å². The maximum absolute atomic E-state index is 13.8. The second-order valence-electron chi connectivity index (χ2n) is 4.47. The van der Waals surface area contributed by atoms with Gasteiger partial charge in [-0.2, -0.15) is 0 Å². The lowest BCUT2D eigenvalue weighted by molar-refractivity contribution is 0.581. The molecule has 5 heteroatoms. The van der Waals surface area contributed by atoms with Gasteiger partial charge in [-0.05, 0) is 24.1 Å². The van der Waals surface area contributed by atoms with E-state index in [1.54, 1.807) is 0 Å². The van der Waals surface area contributed by atoms with Crippen LogP contribution in [0.25, 0.3) is 11.3 Å². The molecule has 0 fully saturated rings. The number of nitrogens with zero attached hydrogens (tertiary/aromatic N) is 1. The standard InChI is InChI=1S/C14H11ClF3N/c1-7(2)12-4-3-10(17)14(19-12)13-9(15)5-8(16)6-11(13)18/h3-7H,1-2H3. The molecule has 2 aromatic rings. The molecule has 1 heterocycles. The molecule has 2 rings (SSSR count). The number of hydrogen-bond acceptors (Lipinski definition) is 1. The zero-order valence-corrected chi connectivity index (χ0v) is 11.1. The van der Waals surface area contributed by atoms with Crippen molar-refractivity contribution in [2.24, 2.45) is 0 Å². The minimum atomic E-state index is -0.933. The summed E-state index contributed by atoms with van der Waals surface area (Å²) >= 11 is 5.79. The predicted molar refractivity (Wildman–Crippen MR) is 68.6 cm³/mol. The van der Waals surface area contributed by atoms with E-state index in [9.17, 15) is 13.2 Å². The molecule has 0 amide bonds. The van der Waals surface area contributed by atoms with Gasteiger partial charge in [-0.3, -0.25) is 0 Å². The van der Waals surface area contributed by atoms with Crippen LogP contribution in [0.4, 0.5) is 13.2 Å². The van der Waals surface area contributed by atoms with E-state index in [4.69, 9.17) is 11.6 Å². The molecule has 19 heavy (non-hydrogen) atoms. The molecule has 0 aliphatic heterocycles. The Morgan fingerprint density at radius 1 is 1.05 bits per heavy atom. The van der Waals surface area contributed by atoms with Gasteiger partial charge in [0, 0.05) is 11.8 Å². The largest absolute Gasteiger partial charge is 0.249 e. The van der Waals surface area contributed by atoms with Gasteiger partial charge in [0.1, 0.15) is 23.1 Å². The summed E-state index contributed by atoms with van der Waals surface area (Å²) in [5, 5.41) is -0.204. The summed E-state index contributed by atoms with van der Waals surface area (Å²) in [5.41, 5.74) is 0.188.